The highest BCUT2D eigenvalue weighted by Crippen LogP contribution is 2.65. The summed E-state index contributed by atoms with van der Waals surface area (Å²) in [6.07, 6.45) is 6.95. The van der Waals surface area contributed by atoms with Gasteiger partial charge < -0.3 is 9.32 Å². The maximum atomic E-state index is 6.35. The van der Waals surface area contributed by atoms with Gasteiger partial charge in [0.05, 0.1) is 11.1 Å². The van der Waals surface area contributed by atoms with Crippen LogP contribution in [0.4, 0.5) is 17.1 Å². The number of nitrogens with zero attached hydrogens (tertiary/aromatic N) is 1. The first kappa shape index (κ1) is 37.4. The number of hydrogen-bond donors (Lipinski definition) is 0. The molecule has 1 heterocycles. The summed E-state index contributed by atoms with van der Waals surface area (Å²) in [6, 6.07) is 74.7. The third-order valence-corrected chi connectivity index (χ3v) is 15.4. The van der Waals surface area contributed by atoms with E-state index in [1.807, 2.05) is 12.1 Å². The molecule has 312 valence electrons. The molecule has 1 aromatic heterocycles. The van der Waals surface area contributed by atoms with Crippen LogP contribution >= 0.6 is 0 Å². The zero-order valence-electron chi connectivity index (χ0n) is 37.0. The van der Waals surface area contributed by atoms with Crippen LogP contribution in [0.3, 0.4) is 0 Å². The van der Waals surface area contributed by atoms with Gasteiger partial charge in [-0.3, -0.25) is 0 Å². The molecule has 0 saturated carbocycles. The smallest absolute Gasteiger partial charge is 0.136 e. The molecule has 0 N–H and O–H groups in total. The van der Waals surface area contributed by atoms with Gasteiger partial charge in [-0.25, -0.2) is 0 Å². The molecule has 0 bridgehead atoms. The van der Waals surface area contributed by atoms with Gasteiger partial charge in [-0.2, -0.15) is 0 Å². The molecule has 4 aliphatic rings. The van der Waals surface area contributed by atoms with Gasteiger partial charge in [0.25, 0.3) is 0 Å². The van der Waals surface area contributed by atoms with E-state index >= 15 is 0 Å². The second-order valence-corrected chi connectivity index (χ2v) is 19.0. The molecule has 0 aliphatic heterocycles. The van der Waals surface area contributed by atoms with E-state index in [9.17, 15) is 0 Å². The van der Waals surface area contributed by atoms with Gasteiger partial charge in [-0.1, -0.05) is 172 Å². The number of fused-ring (bicyclic) bond motifs is 15. The first-order chi connectivity index (χ1) is 32.5. The number of rotatable bonds is 5. The van der Waals surface area contributed by atoms with E-state index in [1.165, 1.54) is 83.6 Å². The van der Waals surface area contributed by atoms with Gasteiger partial charge in [0, 0.05) is 33.1 Å². The average molecular weight is 844 g/mol. The summed E-state index contributed by atoms with van der Waals surface area (Å²) in [5.41, 5.74) is 25.8. The Morgan fingerprint density at radius 3 is 1.97 bits per heavy atom. The summed E-state index contributed by atoms with van der Waals surface area (Å²) in [6.45, 7) is 4.76. The molecule has 10 aromatic rings. The first-order valence-corrected chi connectivity index (χ1v) is 23.4. The van der Waals surface area contributed by atoms with Gasteiger partial charge in [0.1, 0.15) is 11.2 Å². The zero-order chi connectivity index (χ0) is 43.7. The van der Waals surface area contributed by atoms with Crippen LogP contribution in [0.5, 0.6) is 0 Å². The lowest BCUT2D eigenvalue weighted by Crippen LogP contribution is -2.27. The van der Waals surface area contributed by atoms with Crippen LogP contribution in [0, 0.1) is 0 Å². The number of anilines is 3. The van der Waals surface area contributed by atoms with E-state index in [1.54, 1.807) is 0 Å². The van der Waals surface area contributed by atoms with Crippen molar-refractivity contribution in [1.29, 1.82) is 0 Å². The molecule has 0 fully saturated rings. The predicted molar refractivity (Wildman–Crippen MR) is 274 cm³/mol. The van der Waals surface area contributed by atoms with Crippen LogP contribution in [0.25, 0.3) is 72.0 Å². The molecule has 0 amide bonds. The highest BCUT2D eigenvalue weighted by atomic mass is 16.3. The summed E-state index contributed by atoms with van der Waals surface area (Å²) in [5.74, 6) is 0. The van der Waals surface area contributed by atoms with Gasteiger partial charge in [-0.15, -0.1) is 0 Å². The molecule has 0 saturated heterocycles. The van der Waals surface area contributed by atoms with Gasteiger partial charge in [0.15, 0.2) is 0 Å². The quantitative estimate of drug-likeness (QED) is 0.172. The number of benzene rings is 9. The molecule has 4 aliphatic carbocycles. The van der Waals surface area contributed by atoms with E-state index in [0.717, 1.165) is 57.3 Å². The summed E-state index contributed by atoms with van der Waals surface area (Å²) < 4.78 is 6.35. The fourth-order valence-corrected chi connectivity index (χ4v) is 12.4. The standard InChI is InChI=1S/C64H45NO/c1-63(2)53-21-10-6-17-46(53)48-36-33-45(39-57(48)63)65(44-31-27-41(28-32-44)43-30-35-51-50-19-9-13-26-60(50)66-61(51)38-43)59-25-14-24-56-62(59)52-20-8-12-23-55(52)64(56)54-22-11-7-18-47(54)49-34-29-42(37-58(49)64)40-15-4-3-5-16-40/h3-6,8-17,19-39H,7,18H2,1-2H3. The number of hydrogen-bond acceptors (Lipinski definition) is 2. The maximum absolute atomic E-state index is 6.35. The lowest BCUT2D eigenvalue weighted by Gasteiger charge is -2.33. The van der Waals surface area contributed by atoms with Gasteiger partial charge in [-0.05, 0) is 151 Å². The molecule has 2 heteroatoms. The van der Waals surface area contributed by atoms with Crippen LogP contribution in [-0.4, -0.2) is 0 Å². The third kappa shape index (κ3) is 5.07. The van der Waals surface area contributed by atoms with Crippen LogP contribution < -0.4 is 4.90 Å². The monoisotopic (exact) mass is 843 g/mol. The van der Waals surface area contributed by atoms with Crippen molar-refractivity contribution in [2.75, 3.05) is 4.90 Å². The number of furan rings is 1. The molecule has 14 rings (SSSR count). The van der Waals surface area contributed by atoms with Crippen LogP contribution in [0.2, 0.25) is 0 Å². The van der Waals surface area contributed by atoms with Crippen molar-refractivity contribution in [3.05, 3.63) is 251 Å². The van der Waals surface area contributed by atoms with Crippen molar-refractivity contribution in [3.63, 3.8) is 0 Å². The number of allylic oxidation sites excluding steroid dienone is 4. The Hall–Kier alpha value is -7.94. The Morgan fingerprint density at radius 2 is 1.09 bits per heavy atom. The van der Waals surface area contributed by atoms with Crippen molar-refractivity contribution < 1.29 is 4.42 Å². The Labute approximate surface area is 385 Å². The average Bonchev–Trinajstić information content (AvgIpc) is 4.06. The third-order valence-electron chi connectivity index (χ3n) is 15.4. The molecule has 0 radical (unpaired) electrons. The fraction of sp³-hybridized carbons (Fsp3) is 0.0938. The topological polar surface area (TPSA) is 16.4 Å². The largest absolute Gasteiger partial charge is 0.456 e. The van der Waals surface area contributed by atoms with Crippen LogP contribution in [0.15, 0.2) is 222 Å². The van der Waals surface area contributed by atoms with E-state index in [4.69, 9.17) is 4.42 Å². The van der Waals surface area contributed by atoms with Gasteiger partial charge in [0.2, 0.25) is 0 Å². The molecule has 1 spiro atoms. The SMILES string of the molecule is CC1(C)c2ccccc2-c2ccc(N(c3ccc(-c4ccc5c(c4)oc4ccccc45)cc3)c3cccc4c3-c3ccccc3C43C4=C(CCC=C4)c4ccc(-c5ccccc5)cc43)cc21. The van der Waals surface area contributed by atoms with Crippen molar-refractivity contribution in [1.82, 2.24) is 0 Å². The second kappa shape index (κ2) is 13.8. The Balaban J connectivity index is 0.991. The summed E-state index contributed by atoms with van der Waals surface area (Å²) >= 11 is 0. The molecule has 1 unspecified atom stereocenters. The summed E-state index contributed by atoms with van der Waals surface area (Å²) in [4.78, 5) is 2.53. The summed E-state index contributed by atoms with van der Waals surface area (Å²) in [5, 5.41) is 2.29. The normalized spacial score (nSPS) is 16.9. The van der Waals surface area contributed by atoms with E-state index in [-0.39, 0.29) is 5.41 Å². The molecular formula is C64H45NO. The minimum atomic E-state index is -0.458. The van der Waals surface area contributed by atoms with Crippen molar-refractivity contribution >= 4 is 44.6 Å². The maximum Gasteiger partial charge on any atom is 0.136 e. The van der Waals surface area contributed by atoms with Crippen molar-refractivity contribution in [2.45, 2.75) is 37.5 Å². The number of para-hydroxylation sites is 1. The van der Waals surface area contributed by atoms with E-state index in [2.05, 4.69) is 219 Å². The highest BCUT2D eigenvalue weighted by Gasteiger charge is 2.53. The van der Waals surface area contributed by atoms with E-state index in [0.29, 0.717) is 0 Å². The van der Waals surface area contributed by atoms with Crippen LogP contribution in [-0.2, 0) is 10.8 Å². The highest BCUT2D eigenvalue weighted by molar-refractivity contribution is 6.06. The molecule has 2 nitrogen and oxygen atoms in total. The Bertz CT molecular complexity index is 3730. The Morgan fingerprint density at radius 1 is 0.439 bits per heavy atom. The Kier molecular flexibility index (Phi) is 7.82. The minimum absolute atomic E-state index is 0.151. The molecular weight excluding hydrogens is 799 g/mol. The second-order valence-electron chi connectivity index (χ2n) is 19.0. The zero-order valence-corrected chi connectivity index (χ0v) is 37.0. The van der Waals surface area contributed by atoms with Crippen molar-refractivity contribution in [2.24, 2.45) is 0 Å². The van der Waals surface area contributed by atoms with Crippen molar-refractivity contribution in [3.8, 4) is 44.5 Å². The molecule has 1 atom stereocenters. The fourth-order valence-electron chi connectivity index (χ4n) is 12.4. The van der Waals surface area contributed by atoms with Gasteiger partial charge >= 0.3 is 0 Å². The summed E-state index contributed by atoms with van der Waals surface area (Å²) in [7, 11) is 0. The van der Waals surface area contributed by atoms with Crippen LogP contribution in [0.1, 0.15) is 60.1 Å². The molecule has 66 heavy (non-hydrogen) atoms. The molecule has 9 aromatic carbocycles. The minimum Gasteiger partial charge on any atom is -0.456 e. The first-order valence-electron chi connectivity index (χ1n) is 23.4. The predicted octanol–water partition coefficient (Wildman–Crippen LogP) is 17.1. The lowest BCUT2D eigenvalue weighted by molar-refractivity contribution is 0.660. The lowest BCUT2D eigenvalue weighted by atomic mass is 9.68. The van der Waals surface area contributed by atoms with E-state index < -0.39 is 5.41 Å².